The maximum Gasteiger partial charge on any atom is 0.251 e. The molecule has 0 atom stereocenters. The van der Waals surface area contributed by atoms with Crippen molar-refractivity contribution in [2.24, 2.45) is 0 Å². The number of nitrogens with one attached hydrogen (secondary N) is 1. The molecule has 1 amide bonds. The summed E-state index contributed by atoms with van der Waals surface area (Å²) in [5.41, 5.74) is 2.42. The van der Waals surface area contributed by atoms with Gasteiger partial charge in [-0.25, -0.2) is 4.98 Å². The predicted octanol–water partition coefficient (Wildman–Crippen LogP) is 4.56. The van der Waals surface area contributed by atoms with Crippen LogP contribution in [0.5, 0.6) is 0 Å². The third-order valence-corrected chi connectivity index (χ3v) is 4.55. The molecular formula is C20H20N2OS. The second kappa shape index (κ2) is 6.97. The summed E-state index contributed by atoms with van der Waals surface area (Å²) in [7, 11) is 0. The number of carbonyl (C=O) groups is 1. The Labute approximate surface area is 146 Å². The Morgan fingerprint density at radius 3 is 2.33 bits per heavy atom. The molecule has 0 spiro atoms. The van der Waals surface area contributed by atoms with Gasteiger partial charge in [0.1, 0.15) is 0 Å². The Hall–Kier alpha value is -2.46. The average Bonchev–Trinajstić information content (AvgIpc) is 3.03. The molecule has 3 rings (SSSR count). The molecule has 4 heteroatoms. The fourth-order valence-corrected chi connectivity index (χ4v) is 3.56. The van der Waals surface area contributed by atoms with Gasteiger partial charge in [0.25, 0.3) is 5.91 Å². The van der Waals surface area contributed by atoms with Crippen molar-refractivity contribution < 1.29 is 4.79 Å². The van der Waals surface area contributed by atoms with E-state index in [1.807, 2.05) is 62.4 Å². The molecule has 3 aromatic rings. The number of rotatable bonds is 5. The minimum absolute atomic E-state index is 0.0551. The zero-order valence-electron chi connectivity index (χ0n) is 13.8. The Kier molecular flexibility index (Phi) is 4.76. The summed E-state index contributed by atoms with van der Waals surface area (Å²) in [6, 6.07) is 19.4. The van der Waals surface area contributed by atoms with Crippen molar-refractivity contribution in [2.45, 2.75) is 25.8 Å². The van der Waals surface area contributed by atoms with E-state index in [0.29, 0.717) is 12.0 Å². The van der Waals surface area contributed by atoms with Crippen LogP contribution in [0.25, 0.3) is 11.3 Å². The molecule has 2 aromatic carbocycles. The molecule has 0 aliphatic carbocycles. The van der Waals surface area contributed by atoms with Gasteiger partial charge in [-0.1, -0.05) is 48.5 Å². The molecule has 0 bridgehead atoms. The molecule has 1 N–H and O–H groups in total. The molecule has 0 aliphatic rings. The van der Waals surface area contributed by atoms with Crippen LogP contribution in [-0.2, 0) is 6.42 Å². The van der Waals surface area contributed by atoms with Crippen LogP contribution in [0.2, 0.25) is 0 Å². The van der Waals surface area contributed by atoms with Crippen molar-refractivity contribution in [3.8, 4) is 11.3 Å². The lowest BCUT2D eigenvalue weighted by Gasteiger charge is -2.25. The highest BCUT2D eigenvalue weighted by Gasteiger charge is 2.23. The summed E-state index contributed by atoms with van der Waals surface area (Å²) in [4.78, 5) is 17.1. The van der Waals surface area contributed by atoms with E-state index in [1.165, 1.54) is 0 Å². The van der Waals surface area contributed by atoms with Gasteiger partial charge >= 0.3 is 0 Å². The highest BCUT2D eigenvalue weighted by molar-refractivity contribution is 7.10. The van der Waals surface area contributed by atoms with E-state index in [2.05, 4.69) is 22.8 Å². The van der Waals surface area contributed by atoms with Crippen LogP contribution in [0.1, 0.15) is 29.2 Å². The molecule has 0 saturated carbocycles. The first-order valence-corrected chi connectivity index (χ1v) is 8.79. The van der Waals surface area contributed by atoms with E-state index in [0.717, 1.165) is 16.3 Å². The number of carbonyl (C=O) groups excluding carboxylic acids is 1. The van der Waals surface area contributed by atoms with E-state index in [9.17, 15) is 4.79 Å². The van der Waals surface area contributed by atoms with E-state index in [4.69, 9.17) is 4.98 Å². The van der Waals surface area contributed by atoms with Crippen LogP contribution in [-0.4, -0.2) is 16.4 Å². The summed E-state index contributed by atoms with van der Waals surface area (Å²) in [6.45, 7) is 4.05. The van der Waals surface area contributed by atoms with Gasteiger partial charge in [0.15, 0.2) is 0 Å². The Morgan fingerprint density at radius 2 is 1.67 bits per heavy atom. The van der Waals surface area contributed by atoms with E-state index < -0.39 is 0 Å². The molecule has 24 heavy (non-hydrogen) atoms. The maximum atomic E-state index is 12.3. The van der Waals surface area contributed by atoms with Crippen molar-refractivity contribution >= 4 is 17.2 Å². The van der Waals surface area contributed by atoms with Crippen LogP contribution in [0, 0.1) is 0 Å². The maximum absolute atomic E-state index is 12.3. The third kappa shape index (κ3) is 4.09. The van der Waals surface area contributed by atoms with Crippen molar-refractivity contribution in [1.29, 1.82) is 0 Å². The zero-order valence-corrected chi connectivity index (χ0v) is 14.6. The lowest BCUT2D eigenvalue weighted by molar-refractivity contribution is 0.0913. The number of aromatic nitrogens is 1. The topological polar surface area (TPSA) is 42.0 Å². The molecule has 0 unspecified atom stereocenters. The fraction of sp³-hybridized carbons (Fsp3) is 0.200. The van der Waals surface area contributed by atoms with E-state index in [-0.39, 0.29) is 11.4 Å². The smallest absolute Gasteiger partial charge is 0.251 e. The average molecular weight is 336 g/mol. The largest absolute Gasteiger partial charge is 0.347 e. The number of hydrogen-bond acceptors (Lipinski definition) is 3. The molecule has 122 valence electrons. The van der Waals surface area contributed by atoms with Gasteiger partial charge < -0.3 is 5.32 Å². The quantitative estimate of drug-likeness (QED) is 0.742. The second-order valence-electron chi connectivity index (χ2n) is 6.37. The summed E-state index contributed by atoms with van der Waals surface area (Å²) in [5.74, 6) is -0.0551. The highest BCUT2D eigenvalue weighted by atomic mass is 32.1. The van der Waals surface area contributed by atoms with Crippen molar-refractivity contribution in [2.75, 3.05) is 0 Å². The van der Waals surface area contributed by atoms with Crippen LogP contribution in [0.4, 0.5) is 0 Å². The minimum Gasteiger partial charge on any atom is -0.347 e. The van der Waals surface area contributed by atoms with Gasteiger partial charge in [-0.05, 0) is 26.0 Å². The minimum atomic E-state index is -0.362. The number of hydrogen-bond donors (Lipinski definition) is 1. The van der Waals surface area contributed by atoms with Gasteiger partial charge in [0, 0.05) is 28.5 Å². The zero-order chi connectivity index (χ0) is 17.0. The van der Waals surface area contributed by atoms with Gasteiger partial charge in [-0.15, -0.1) is 11.3 Å². The molecule has 0 fully saturated rings. The molecule has 1 heterocycles. The predicted molar refractivity (Wildman–Crippen MR) is 99.2 cm³/mol. The normalized spacial score (nSPS) is 11.2. The van der Waals surface area contributed by atoms with E-state index in [1.54, 1.807) is 11.3 Å². The summed E-state index contributed by atoms with van der Waals surface area (Å²) in [6.07, 6.45) is 0.697. The van der Waals surface area contributed by atoms with Crippen LogP contribution in [0.15, 0.2) is 66.0 Å². The van der Waals surface area contributed by atoms with Crippen molar-refractivity contribution in [3.05, 3.63) is 76.6 Å². The highest BCUT2D eigenvalue weighted by Crippen LogP contribution is 2.24. The first kappa shape index (κ1) is 16.4. The van der Waals surface area contributed by atoms with Gasteiger partial charge in [0.05, 0.1) is 10.7 Å². The first-order valence-electron chi connectivity index (χ1n) is 7.91. The first-order chi connectivity index (χ1) is 11.5. The van der Waals surface area contributed by atoms with Crippen molar-refractivity contribution in [3.63, 3.8) is 0 Å². The van der Waals surface area contributed by atoms with E-state index >= 15 is 0 Å². The fourth-order valence-electron chi connectivity index (χ4n) is 2.52. The molecule has 3 nitrogen and oxygen atoms in total. The van der Waals surface area contributed by atoms with Crippen LogP contribution < -0.4 is 5.32 Å². The Balaban J connectivity index is 1.69. The van der Waals surface area contributed by atoms with Crippen LogP contribution >= 0.6 is 11.3 Å². The molecule has 0 saturated heterocycles. The summed E-state index contributed by atoms with van der Waals surface area (Å²) in [5, 5.41) is 6.19. The SMILES string of the molecule is CC(C)(Cc1nc(-c2ccccc2)cs1)NC(=O)c1ccccc1. The lowest BCUT2D eigenvalue weighted by atomic mass is 10.0. The third-order valence-electron chi connectivity index (χ3n) is 3.70. The van der Waals surface area contributed by atoms with Gasteiger partial charge in [-0.3, -0.25) is 4.79 Å². The summed E-state index contributed by atoms with van der Waals surface area (Å²) < 4.78 is 0. The molecular weight excluding hydrogens is 316 g/mol. The number of nitrogens with zero attached hydrogens (tertiary/aromatic N) is 1. The van der Waals surface area contributed by atoms with Crippen LogP contribution in [0.3, 0.4) is 0 Å². The standard InChI is InChI=1S/C20H20N2OS/c1-20(2,22-19(23)16-11-7-4-8-12-16)13-18-21-17(14-24-18)15-9-5-3-6-10-15/h3-12,14H,13H2,1-2H3,(H,22,23). The number of amides is 1. The number of thiazole rings is 1. The Morgan fingerprint density at radius 1 is 1.04 bits per heavy atom. The number of benzene rings is 2. The van der Waals surface area contributed by atoms with Gasteiger partial charge in [0.2, 0.25) is 0 Å². The lowest BCUT2D eigenvalue weighted by Crippen LogP contribution is -2.45. The van der Waals surface area contributed by atoms with Gasteiger partial charge in [-0.2, -0.15) is 0 Å². The second-order valence-corrected chi connectivity index (χ2v) is 7.32. The Bertz CT molecular complexity index is 810. The molecule has 0 radical (unpaired) electrons. The molecule has 0 aliphatic heterocycles. The monoisotopic (exact) mass is 336 g/mol. The molecule has 1 aromatic heterocycles. The van der Waals surface area contributed by atoms with Crippen molar-refractivity contribution in [1.82, 2.24) is 10.3 Å². The summed E-state index contributed by atoms with van der Waals surface area (Å²) >= 11 is 1.63.